The van der Waals surface area contributed by atoms with Gasteiger partial charge in [0.05, 0.1) is 0 Å². The molecule has 4 aromatic rings. The summed E-state index contributed by atoms with van der Waals surface area (Å²) in [5.41, 5.74) is 1.88. The first-order valence-corrected chi connectivity index (χ1v) is 10.7. The van der Waals surface area contributed by atoms with E-state index in [0.29, 0.717) is 10.9 Å². The van der Waals surface area contributed by atoms with E-state index in [1.54, 1.807) is 0 Å². The molecule has 32 heavy (non-hydrogen) atoms. The topological polar surface area (TPSA) is 45.1 Å². The van der Waals surface area contributed by atoms with Gasteiger partial charge in [0.15, 0.2) is 5.84 Å². The summed E-state index contributed by atoms with van der Waals surface area (Å²) >= 11 is 6.13. The average molecular weight is 441 g/mol. The SMILES string of the molecule is OC(c1ccccc1)C1(c2ccccc2)ON=C(c2ccc(Cl)cc2)N1c1ccccc1. The number of oxime groups is 1. The Labute approximate surface area is 192 Å². The second kappa shape index (κ2) is 8.50. The summed E-state index contributed by atoms with van der Waals surface area (Å²) in [6, 6.07) is 36.5. The first-order valence-electron chi connectivity index (χ1n) is 10.4. The molecule has 0 bridgehead atoms. The van der Waals surface area contributed by atoms with Gasteiger partial charge in [-0.15, -0.1) is 0 Å². The third-order valence-electron chi connectivity index (χ3n) is 5.61. The molecule has 0 aromatic heterocycles. The molecular formula is C27H21ClN2O2. The van der Waals surface area contributed by atoms with E-state index in [9.17, 15) is 5.11 Å². The van der Waals surface area contributed by atoms with Gasteiger partial charge < -0.3 is 9.94 Å². The molecule has 0 amide bonds. The number of anilines is 1. The third-order valence-corrected chi connectivity index (χ3v) is 5.86. The smallest absolute Gasteiger partial charge is 0.271 e. The fraction of sp³-hybridized carbons (Fsp3) is 0.0741. The third kappa shape index (κ3) is 3.44. The lowest BCUT2D eigenvalue weighted by molar-refractivity contribution is -0.112. The quantitative estimate of drug-likeness (QED) is 0.406. The number of halogens is 1. The molecule has 4 aromatic carbocycles. The maximum Gasteiger partial charge on any atom is 0.271 e. The molecule has 1 heterocycles. The molecule has 2 unspecified atom stereocenters. The van der Waals surface area contributed by atoms with E-state index >= 15 is 0 Å². The van der Waals surface area contributed by atoms with E-state index in [2.05, 4.69) is 5.16 Å². The van der Waals surface area contributed by atoms with Crippen molar-refractivity contribution < 1.29 is 9.94 Å². The number of aliphatic hydroxyl groups is 1. The van der Waals surface area contributed by atoms with Crippen LogP contribution >= 0.6 is 11.6 Å². The number of hydrogen-bond acceptors (Lipinski definition) is 4. The Balaban J connectivity index is 1.74. The summed E-state index contributed by atoms with van der Waals surface area (Å²) in [6.45, 7) is 0. The maximum absolute atomic E-state index is 11.8. The van der Waals surface area contributed by atoms with Gasteiger partial charge >= 0.3 is 0 Å². The Bertz CT molecular complexity index is 1220. The molecule has 0 saturated carbocycles. The molecule has 0 radical (unpaired) electrons. The molecule has 1 aliphatic rings. The predicted octanol–water partition coefficient (Wildman–Crippen LogP) is 6.13. The van der Waals surface area contributed by atoms with Crippen molar-refractivity contribution >= 4 is 23.1 Å². The van der Waals surface area contributed by atoms with Gasteiger partial charge in [0, 0.05) is 21.8 Å². The fourth-order valence-corrected chi connectivity index (χ4v) is 4.20. The highest BCUT2D eigenvalue weighted by Crippen LogP contribution is 2.48. The van der Waals surface area contributed by atoms with E-state index in [1.165, 1.54) is 0 Å². The molecule has 0 spiro atoms. The van der Waals surface area contributed by atoms with Crippen molar-refractivity contribution in [3.05, 3.63) is 137 Å². The Morgan fingerprint density at radius 2 is 1.31 bits per heavy atom. The van der Waals surface area contributed by atoms with Gasteiger partial charge in [0.25, 0.3) is 5.72 Å². The Morgan fingerprint density at radius 3 is 1.94 bits per heavy atom. The second-order valence-corrected chi connectivity index (χ2v) is 8.00. The van der Waals surface area contributed by atoms with Crippen LogP contribution in [0.5, 0.6) is 0 Å². The number of benzene rings is 4. The van der Waals surface area contributed by atoms with Crippen LogP contribution in [0, 0.1) is 0 Å². The van der Waals surface area contributed by atoms with Gasteiger partial charge in [-0.05, 0) is 42.0 Å². The first-order chi connectivity index (χ1) is 15.7. The van der Waals surface area contributed by atoms with Crippen LogP contribution < -0.4 is 4.90 Å². The zero-order valence-electron chi connectivity index (χ0n) is 17.2. The number of amidine groups is 1. The molecule has 0 aliphatic carbocycles. The highest BCUT2D eigenvalue weighted by atomic mass is 35.5. The van der Waals surface area contributed by atoms with Crippen molar-refractivity contribution in [3.8, 4) is 0 Å². The molecule has 0 fully saturated rings. The highest BCUT2D eigenvalue weighted by Gasteiger charge is 2.55. The summed E-state index contributed by atoms with van der Waals surface area (Å²) in [5, 5.41) is 17.0. The van der Waals surface area contributed by atoms with Gasteiger partial charge in [-0.2, -0.15) is 0 Å². The van der Waals surface area contributed by atoms with Gasteiger partial charge in [-0.25, -0.2) is 0 Å². The van der Waals surface area contributed by atoms with Gasteiger partial charge in [0.2, 0.25) is 0 Å². The van der Waals surface area contributed by atoms with Crippen LogP contribution in [-0.4, -0.2) is 10.9 Å². The van der Waals surface area contributed by atoms with Crippen LogP contribution in [0.15, 0.2) is 120 Å². The zero-order chi connectivity index (χ0) is 22.0. The second-order valence-electron chi connectivity index (χ2n) is 7.56. The first kappa shape index (κ1) is 20.3. The van der Waals surface area contributed by atoms with Crippen LogP contribution in [0.3, 0.4) is 0 Å². The number of hydrogen-bond donors (Lipinski definition) is 1. The van der Waals surface area contributed by atoms with Gasteiger partial charge in [0.1, 0.15) is 6.10 Å². The van der Waals surface area contributed by atoms with Crippen LogP contribution in [0.25, 0.3) is 0 Å². The average Bonchev–Trinajstić information content (AvgIpc) is 3.27. The number of nitrogens with zero attached hydrogens (tertiary/aromatic N) is 2. The largest absolute Gasteiger partial charge is 0.382 e. The fourth-order valence-electron chi connectivity index (χ4n) is 4.07. The zero-order valence-corrected chi connectivity index (χ0v) is 17.9. The summed E-state index contributed by atoms with van der Waals surface area (Å²) in [5.74, 6) is 0.590. The number of rotatable bonds is 5. The van der Waals surface area contributed by atoms with Crippen LogP contribution in [-0.2, 0) is 10.6 Å². The lowest BCUT2D eigenvalue weighted by Crippen LogP contribution is -2.51. The summed E-state index contributed by atoms with van der Waals surface area (Å²) in [7, 11) is 0. The number of aliphatic hydroxyl groups excluding tert-OH is 1. The Kier molecular flexibility index (Phi) is 5.39. The van der Waals surface area contributed by atoms with Crippen molar-refractivity contribution in [2.45, 2.75) is 11.8 Å². The molecule has 158 valence electrons. The summed E-state index contributed by atoms with van der Waals surface area (Å²) in [6.07, 6.45) is -1.03. The summed E-state index contributed by atoms with van der Waals surface area (Å²) < 4.78 is 0. The van der Waals surface area contributed by atoms with Crippen molar-refractivity contribution in [2.75, 3.05) is 4.90 Å². The normalized spacial score (nSPS) is 18.7. The standard InChI is InChI=1S/C27H21ClN2O2/c28-23-18-16-21(17-19-23)26-29-32-27(22-12-6-2-7-13-22,25(31)20-10-4-1-5-11-20)30(26)24-14-8-3-9-15-24/h1-19,25,31H. The van der Waals surface area contributed by atoms with Crippen molar-refractivity contribution in [3.63, 3.8) is 0 Å². The Hall–Kier alpha value is -3.60. The van der Waals surface area contributed by atoms with E-state index < -0.39 is 11.8 Å². The highest BCUT2D eigenvalue weighted by molar-refractivity contribution is 6.30. The minimum absolute atomic E-state index is 0.590. The van der Waals surface area contributed by atoms with E-state index in [0.717, 1.165) is 22.4 Å². The van der Waals surface area contributed by atoms with Crippen molar-refractivity contribution in [1.29, 1.82) is 0 Å². The molecule has 1 N–H and O–H groups in total. The maximum atomic E-state index is 11.8. The van der Waals surface area contributed by atoms with E-state index in [1.807, 2.05) is 120 Å². The molecule has 5 rings (SSSR count). The predicted molar refractivity (Wildman–Crippen MR) is 128 cm³/mol. The monoisotopic (exact) mass is 440 g/mol. The van der Waals surface area contributed by atoms with Crippen molar-refractivity contribution in [1.82, 2.24) is 0 Å². The molecule has 4 nitrogen and oxygen atoms in total. The Morgan fingerprint density at radius 1 is 0.750 bits per heavy atom. The van der Waals surface area contributed by atoms with E-state index in [4.69, 9.17) is 16.4 Å². The minimum Gasteiger partial charge on any atom is -0.382 e. The van der Waals surface area contributed by atoms with Crippen LogP contribution in [0.1, 0.15) is 22.8 Å². The molecule has 0 saturated heterocycles. The molecule has 5 heteroatoms. The number of para-hydroxylation sites is 1. The molecule has 1 aliphatic heterocycles. The van der Waals surface area contributed by atoms with Gasteiger partial charge in [-0.1, -0.05) is 95.6 Å². The van der Waals surface area contributed by atoms with Gasteiger partial charge in [-0.3, -0.25) is 4.90 Å². The van der Waals surface area contributed by atoms with Crippen LogP contribution in [0.2, 0.25) is 5.02 Å². The molecular weight excluding hydrogens is 420 g/mol. The lowest BCUT2D eigenvalue weighted by atomic mass is 9.89. The minimum atomic E-state index is -1.31. The lowest BCUT2D eigenvalue weighted by Gasteiger charge is -2.41. The summed E-state index contributed by atoms with van der Waals surface area (Å²) in [4.78, 5) is 8.20. The van der Waals surface area contributed by atoms with Crippen LogP contribution in [0.4, 0.5) is 5.69 Å². The molecule has 2 atom stereocenters. The van der Waals surface area contributed by atoms with Crippen molar-refractivity contribution in [2.24, 2.45) is 5.16 Å². The van der Waals surface area contributed by atoms with E-state index in [-0.39, 0.29) is 0 Å².